The first-order valence-corrected chi connectivity index (χ1v) is 23.8. The number of aliphatic imine (C=N–C) groups is 1. The van der Waals surface area contributed by atoms with Crippen molar-refractivity contribution in [3.8, 4) is 0 Å². The summed E-state index contributed by atoms with van der Waals surface area (Å²) in [5, 5.41) is 0. The summed E-state index contributed by atoms with van der Waals surface area (Å²) in [7, 11) is 0. The van der Waals surface area contributed by atoms with Gasteiger partial charge in [-0.3, -0.25) is 4.99 Å². The molecule has 0 spiro atoms. The van der Waals surface area contributed by atoms with Crippen LogP contribution in [0.3, 0.4) is 0 Å². The number of hydrogen-bond donors (Lipinski definition) is 1. The van der Waals surface area contributed by atoms with Gasteiger partial charge in [0.2, 0.25) is 0 Å². The van der Waals surface area contributed by atoms with Crippen LogP contribution < -0.4 is 10.6 Å². The molecule has 0 saturated carbocycles. The minimum atomic E-state index is 0.254. The molecule has 9 rings (SSSR count). The molecule has 1 heterocycles. The van der Waals surface area contributed by atoms with Crippen LogP contribution in [0.1, 0.15) is 92.5 Å². The largest absolute Gasteiger partial charge is 0.337 e. The highest BCUT2D eigenvalue weighted by molar-refractivity contribution is 6.12. The molecule has 0 bridgehead atoms. The SMILES string of the molecule is CC1=C(C2=C([C@@H](C)C3C=CC(c4ccc(/C(=C\C(=NCN)c5ccccc5)C5C=CC=CC5)cc4)CC3)C(c3cccc(N4C/C=C\C=C/Cc5ccccc54)c3)=CCC2)CCC=C1. The Morgan fingerprint density at radius 3 is 2.38 bits per heavy atom. The van der Waals surface area contributed by atoms with Crippen LogP contribution in [0.25, 0.3) is 11.1 Å². The molecule has 2 N–H and O–H groups in total. The number of para-hydroxylation sites is 1. The fourth-order valence-corrected chi connectivity index (χ4v) is 10.7. The Labute approximate surface area is 382 Å². The van der Waals surface area contributed by atoms with E-state index in [9.17, 15) is 0 Å². The minimum absolute atomic E-state index is 0.254. The molecule has 5 aliphatic rings. The van der Waals surface area contributed by atoms with Crippen LogP contribution in [0, 0.1) is 17.8 Å². The maximum absolute atomic E-state index is 6.01. The number of nitrogens with two attached hydrogens (primary N) is 1. The average molecular weight is 838 g/mol. The maximum atomic E-state index is 6.01. The minimum Gasteiger partial charge on any atom is -0.337 e. The van der Waals surface area contributed by atoms with Gasteiger partial charge in [-0.1, -0.05) is 171 Å². The van der Waals surface area contributed by atoms with E-state index in [1.165, 1.54) is 50.3 Å². The molecule has 4 atom stereocenters. The summed E-state index contributed by atoms with van der Waals surface area (Å²) in [5.74, 6) is 1.52. The van der Waals surface area contributed by atoms with E-state index in [0.717, 1.165) is 69.2 Å². The van der Waals surface area contributed by atoms with Crippen LogP contribution in [0.2, 0.25) is 0 Å². The van der Waals surface area contributed by atoms with Gasteiger partial charge in [-0.05, 0) is 156 Å². The van der Waals surface area contributed by atoms with Crippen molar-refractivity contribution in [2.45, 2.75) is 71.1 Å². The Balaban J connectivity index is 1.00. The Morgan fingerprint density at radius 1 is 0.766 bits per heavy atom. The van der Waals surface area contributed by atoms with E-state index >= 15 is 0 Å². The van der Waals surface area contributed by atoms with Gasteiger partial charge in [0.1, 0.15) is 0 Å². The topological polar surface area (TPSA) is 41.6 Å². The van der Waals surface area contributed by atoms with Crippen molar-refractivity contribution in [3.63, 3.8) is 0 Å². The molecular weight excluding hydrogens is 775 g/mol. The molecule has 4 aromatic carbocycles. The number of allylic oxidation sites excluding steroid dienone is 19. The van der Waals surface area contributed by atoms with Crippen LogP contribution in [0.4, 0.5) is 11.4 Å². The molecule has 64 heavy (non-hydrogen) atoms. The van der Waals surface area contributed by atoms with E-state index in [-0.39, 0.29) is 12.6 Å². The molecule has 0 aromatic heterocycles. The lowest BCUT2D eigenvalue weighted by Gasteiger charge is -2.35. The van der Waals surface area contributed by atoms with Gasteiger partial charge in [0.25, 0.3) is 0 Å². The fourth-order valence-electron chi connectivity index (χ4n) is 10.7. The summed E-state index contributed by atoms with van der Waals surface area (Å²) in [6.45, 7) is 5.93. The molecule has 0 radical (unpaired) electrons. The number of anilines is 2. The third kappa shape index (κ3) is 9.61. The third-order valence-corrected chi connectivity index (χ3v) is 14.1. The van der Waals surface area contributed by atoms with Crippen LogP contribution in [-0.4, -0.2) is 18.9 Å². The van der Waals surface area contributed by atoms with Crippen molar-refractivity contribution in [2.75, 3.05) is 18.1 Å². The number of rotatable bonds is 11. The number of benzene rings is 4. The van der Waals surface area contributed by atoms with Crippen LogP contribution in [0.15, 0.2) is 215 Å². The number of fused-ring (bicyclic) bond motifs is 1. The van der Waals surface area contributed by atoms with Gasteiger partial charge in [-0.15, -0.1) is 0 Å². The molecule has 322 valence electrons. The van der Waals surface area contributed by atoms with Gasteiger partial charge < -0.3 is 10.6 Å². The molecule has 0 amide bonds. The van der Waals surface area contributed by atoms with Crippen molar-refractivity contribution in [1.29, 1.82) is 0 Å². The van der Waals surface area contributed by atoms with Crippen molar-refractivity contribution in [1.82, 2.24) is 0 Å². The van der Waals surface area contributed by atoms with E-state index in [1.54, 1.807) is 16.7 Å². The lowest BCUT2D eigenvalue weighted by molar-refractivity contribution is 0.419. The lowest BCUT2D eigenvalue weighted by atomic mass is 9.70. The predicted octanol–water partition coefficient (Wildman–Crippen LogP) is 14.9. The molecule has 3 heteroatoms. The smallest absolute Gasteiger partial charge is 0.0866 e. The first-order chi connectivity index (χ1) is 31.6. The Hall–Kier alpha value is -6.29. The molecule has 4 aliphatic carbocycles. The summed E-state index contributed by atoms with van der Waals surface area (Å²) >= 11 is 0. The summed E-state index contributed by atoms with van der Waals surface area (Å²) in [6, 6.07) is 38.1. The fraction of sp³-hybridized carbons (Fsp3) is 0.262. The van der Waals surface area contributed by atoms with E-state index in [4.69, 9.17) is 10.7 Å². The van der Waals surface area contributed by atoms with E-state index < -0.39 is 0 Å². The second-order valence-electron chi connectivity index (χ2n) is 18.0. The molecular formula is C61H63N3. The second kappa shape index (κ2) is 20.5. The zero-order valence-electron chi connectivity index (χ0n) is 37.8. The molecule has 3 nitrogen and oxygen atoms in total. The molecule has 0 saturated heterocycles. The highest BCUT2D eigenvalue weighted by Crippen LogP contribution is 2.47. The maximum Gasteiger partial charge on any atom is 0.0866 e. The second-order valence-corrected chi connectivity index (χ2v) is 18.0. The average Bonchev–Trinajstić information content (AvgIpc) is 3.46. The monoisotopic (exact) mass is 838 g/mol. The predicted molar refractivity (Wildman–Crippen MR) is 274 cm³/mol. The molecule has 3 unspecified atom stereocenters. The van der Waals surface area contributed by atoms with Crippen LogP contribution >= 0.6 is 0 Å². The molecule has 1 aliphatic heterocycles. The van der Waals surface area contributed by atoms with Crippen molar-refractivity contribution in [2.24, 2.45) is 28.5 Å². The first kappa shape index (κ1) is 43.0. The van der Waals surface area contributed by atoms with E-state index in [1.807, 2.05) is 6.07 Å². The summed E-state index contributed by atoms with van der Waals surface area (Å²) in [4.78, 5) is 7.24. The normalized spacial score (nSPS) is 23.0. The van der Waals surface area contributed by atoms with Crippen LogP contribution in [-0.2, 0) is 6.42 Å². The zero-order chi connectivity index (χ0) is 43.7. The number of nitrogens with zero attached hydrogens (tertiary/aromatic N) is 2. The highest BCUT2D eigenvalue weighted by Gasteiger charge is 2.31. The third-order valence-electron chi connectivity index (χ3n) is 14.1. The van der Waals surface area contributed by atoms with Gasteiger partial charge in [0, 0.05) is 29.8 Å². The summed E-state index contributed by atoms with van der Waals surface area (Å²) < 4.78 is 0. The van der Waals surface area contributed by atoms with Gasteiger partial charge in [0.05, 0.1) is 12.4 Å². The van der Waals surface area contributed by atoms with Gasteiger partial charge in [0.15, 0.2) is 0 Å². The van der Waals surface area contributed by atoms with Gasteiger partial charge in [-0.2, -0.15) is 0 Å². The van der Waals surface area contributed by atoms with Crippen molar-refractivity contribution >= 4 is 28.2 Å². The number of hydrogen-bond acceptors (Lipinski definition) is 3. The lowest BCUT2D eigenvalue weighted by Crippen LogP contribution is -2.21. The Kier molecular flexibility index (Phi) is 13.8. The molecule has 4 aromatic rings. The molecule has 0 fully saturated rings. The Morgan fingerprint density at radius 2 is 1.58 bits per heavy atom. The summed E-state index contributed by atoms with van der Waals surface area (Å²) in [6.07, 6.45) is 41.1. The van der Waals surface area contributed by atoms with Crippen LogP contribution in [0.5, 0.6) is 0 Å². The quantitative estimate of drug-likeness (QED) is 0.121. The van der Waals surface area contributed by atoms with Crippen molar-refractivity contribution in [3.05, 3.63) is 238 Å². The van der Waals surface area contributed by atoms with E-state index in [0.29, 0.717) is 17.8 Å². The standard InChI is InChI=1S/C61H63N3/c1-44-19-12-14-28-55(44)57-30-18-29-56(53-26-17-27-54(41-53)64-40-16-4-3-7-24-52-25-13-15-31-60(52)64)61(57)45(2)46-32-34-47(35-33-46)48-36-38-50(39-37-48)58(49-20-8-5-9-21-49)42-59(63-43-62)51-22-10-6-11-23-51/h3-13,15-17,19-20,22-23,25-27,29,31-32,34,36-39,41-42,45-47,49H,14,18,21,24,28,30,33,35,40,43,62H2,1-2H3/b7-3-,16-4-,58-42-,63-59?/t45-,46?,47?,49?/m0/s1. The zero-order valence-corrected chi connectivity index (χ0v) is 37.8. The van der Waals surface area contributed by atoms with Crippen molar-refractivity contribution < 1.29 is 0 Å². The van der Waals surface area contributed by atoms with E-state index in [2.05, 4.69) is 201 Å². The van der Waals surface area contributed by atoms with Gasteiger partial charge >= 0.3 is 0 Å². The highest BCUT2D eigenvalue weighted by atomic mass is 15.1. The first-order valence-electron chi connectivity index (χ1n) is 23.8. The van der Waals surface area contributed by atoms with Gasteiger partial charge in [-0.25, -0.2) is 0 Å². The Bertz CT molecular complexity index is 2650. The summed E-state index contributed by atoms with van der Waals surface area (Å²) in [5.41, 5.74) is 24.8.